The quantitative estimate of drug-likeness (QED) is 0.502. The molecule has 2 aromatic heterocycles. The van der Waals surface area contributed by atoms with Crippen LogP contribution in [0.2, 0.25) is 0 Å². The molecule has 0 spiro atoms. The highest BCUT2D eigenvalue weighted by Crippen LogP contribution is 2.30. The monoisotopic (exact) mass is 422 g/mol. The number of nitrogens with two attached hydrogens (primary N) is 2. The third-order valence-corrected chi connectivity index (χ3v) is 6.51. The fourth-order valence-corrected chi connectivity index (χ4v) is 4.92. The minimum Gasteiger partial charge on any atom is -0.369 e. The van der Waals surface area contributed by atoms with E-state index in [2.05, 4.69) is 15.2 Å². The Labute approximate surface area is 165 Å². The van der Waals surface area contributed by atoms with Crippen molar-refractivity contribution in [3.8, 4) is 0 Å². The predicted molar refractivity (Wildman–Crippen MR) is 105 cm³/mol. The van der Waals surface area contributed by atoms with E-state index in [1.54, 1.807) is 24.3 Å². The number of carbonyl (C=O) groups is 2. The molecule has 27 heavy (non-hydrogen) atoms. The van der Waals surface area contributed by atoms with Crippen LogP contribution in [0.15, 0.2) is 37.7 Å². The number of primary amides is 2. The van der Waals surface area contributed by atoms with E-state index in [-0.39, 0.29) is 17.9 Å². The van der Waals surface area contributed by atoms with Gasteiger partial charge in [0.15, 0.2) is 8.68 Å². The Kier molecular flexibility index (Phi) is 6.08. The molecule has 0 atom stereocenters. The summed E-state index contributed by atoms with van der Waals surface area (Å²) in [5.74, 6) is -0.197. The van der Waals surface area contributed by atoms with Crippen LogP contribution in [0, 0.1) is 0 Å². The maximum Gasteiger partial charge on any atom is 0.261 e. The normalized spacial score (nSPS) is 11.0. The van der Waals surface area contributed by atoms with E-state index in [0.717, 1.165) is 0 Å². The van der Waals surface area contributed by atoms with Gasteiger partial charge >= 0.3 is 0 Å². The lowest BCUT2D eigenvalue weighted by atomic mass is 10.2. The summed E-state index contributed by atoms with van der Waals surface area (Å²) < 4.78 is 2.55. The Morgan fingerprint density at radius 3 is 2.48 bits per heavy atom. The molecule has 1 aromatic carbocycles. The van der Waals surface area contributed by atoms with Gasteiger partial charge in [-0.15, -0.1) is 10.2 Å². The molecule has 2 heterocycles. The van der Waals surface area contributed by atoms with E-state index < -0.39 is 11.8 Å². The Morgan fingerprint density at radius 1 is 1.07 bits per heavy atom. The van der Waals surface area contributed by atoms with Gasteiger partial charge in [-0.3, -0.25) is 19.0 Å². The van der Waals surface area contributed by atoms with Crippen LogP contribution >= 0.6 is 34.9 Å². The maximum atomic E-state index is 12.7. The number of carbonyl (C=O) groups excluding carboxylic acids is 2. The number of hydrogen-bond donors (Lipinski definition) is 2. The van der Waals surface area contributed by atoms with Gasteiger partial charge in [0, 0.05) is 0 Å². The SMILES string of the molecule is NC(=O)CSc1nnc(SCc2nc3ccccc3c(=O)n2CC(N)=O)s1. The van der Waals surface area contributed by atoms with Gasteiger partial charge in [0.2, 0.25) is 11.8 Å². The van der Waals surface area contributed by atoms with E-state index in [1.807, 2.05) is 0 Å². The van der Waals surface area contributed by atoms with Crippen molar-refractivity contribution in [3.63, 3.8) is 0 Å². The Hall–Kier alpha value is -2.44. The third-order valence-electron chi connectivity index (χ3n) is 3.31. The summed E-state index contributed by atoms with van der Waals surface area (Å²) in [6, 6.07) is 6.92. The number of nitrogens with zero attached hydrogens (tertiary/aromatic N) is 4. The smallest absolute Gasteiger partial charge is 0.261 e. The molecule has 9 nitrogen and oxygen atoms in total. The molecule has 0 unspecified atom stereocenters. The second kappa shape index (κ2) is 8.50. The Bertz CT molecular complexity index is 1060. The molecule has 0 fully saturated rings. The van der Waals surface area contributed by atoms with Gasteiger partial charge in [0.25, 0.3) is 5.56 Å². The number of fused-ring (bicyclic) bond motifs is 1. The Balaban J connectivity index is 1.84. The van der Waals surface area contributed by atoms with Crippen LogP contribution in [0.1, 0.15) is 5.82 Å². The number of hydrogen-bond acceptors (Lipinski definition) is 9. The minimum absolute atomic E-state index is 0.129. The molecule has 0 aliphatic carbocycles. The number of thioether (sulfide) groups is 2. The molecule has 3 aromatic rings. The lowest BCUT2D eigenvalue weighted by Gasteiger charge is -2.11. The zero-order valence-electron chi connectivity index (χ0n) is 13.8. The molecule has 0 aliphatic heterocycles. The number of rotatable bonds is 8. The second-order valence-corrected chi connectivity index (χ2v) is 8.70. The van der Waals surface area contributed by atoms with Crippen LogP contribution in [0.25, 0.3) is 10.9 Å². The van der Waals surface area contributed by atoms with Crippen molar-refractivity contribution < 1.29 is 9.59 Å². The van der Waals surface area contributed by atoms with Crippen molar-refractivity contribution in [2.75, 3.05) is 5.75 Å². The summed E-state index contributed by atoms with van der Waals surface area (Å²) in [5, 5.41) is 8.44. The first-order chi connectivity index (χ1) is 12.9. The van der Waals surface area contributed by atoms with E-state index in [0.29, 0.717) is 31.2 Å². The Morgan fingerprint density at radius 2 is 1.78 bits per heavy atom. The van der Waals surface area contributed by atoms with Gasteiger partial charge in [0.1, 0.15) is 12.4 Å². The summed E-state index contributed by atoms with van der Waals surface area (Å²) >= 11 is 3.85. The van der Waals surface area contributed by atoms with E-state index in [9.17, 15) is 14.4 Å². The molecule has 0 radical (unpaired) electrons. The molecule has 140 valence electrons. The van der Waals surface area contributed by atoms with Gasteiger partial charge in [-0.05, 0) is 12.1 Å². The summed E-state index contributed by atoms with van der Waals surface area (Å²) in [6.07, 6.45) is 0. The third kappa shape index (κ3) is 4.84. The van der Waals surface area contributed by atoms with Crippen LogP contribution in [0.3, 0.4) is 0 Å². The first kappa shape index (κ1) is 19.3. The standard InChI is InChI=1S/C15H14N6O3S3/c16-10(22)5-21-12(18-9-4-2-1-3-8(9)13(21)24)7-26-15-20-19-14(27-15)25-6-11(17)23/h1-4H,5-7H2,(H2,16,22)(H2,17,23). The van der Waals surface area contributed by atoms with E-state index in [1.165, 1.54) is 39.4 Å². The van der Waals surface area contributed by atoms with Crippen LogP contribution in [0.4, 0.5) is 0 Å². The lowest BCUT2D eigenvalue weighted by molar-refractivity contribution is -0.118. The average Bonchev–Trinajstić information content (AvgIpc) is 3.08. The second-order valence-electron chi connectivity index (χ2n) is 5.28. The van der Waals surface area contributed by atoms with Crippen LogP contribution < -0.4 is 17.0 Å². The molecule has 2 amide bonds. The fraction of sp³-hybridized carbons (Fsp3) is 0.200. The first-order valence-corrected chi connectivity index (χ1v) is 10.4. The topological polar surface area (TPSA) is 147 Å². The van der Waals surface area contributed by atoms with Crippen molar-refractivity contribution in [3.05, 3.63) is 40.4 Å². The molecule has 0 bridgehead atoms. The highest BCUT2D eigenvalue weighted by atomic mass is 32.2. The largest absolute Gasteiger partial charge is 0.369 e. The van der Waals surface area contributed by atoms with Crippen molar-refractivity contribution in [1.82, 2.24) is 19.7 Å². The summed E-state index contributed by atoms with van der Waals surface area (Å²) in [5.41, 5.74) is 10.6. The van der Waals surface area contributed by atoms with Crippen molar-refractivity contribution >= 4 is 57.6 Å². The number of aromatic nitrogens is 4. The molecule has 0 saturated heterocycles. The van der Waals surface area contributed by atoms with Crippen LogP contribution in [0.5, 0.6) is 0 Å². The van der Waals surface area contributed by atoms with Gasteiger partial charge < -0.3 is 11.5 Å². The summed E-state index contributed by atoms with van der Waals surface area (Å²) in [7, 11) is 0. The molecule has 4 N–H and O–H groups in total. The van der Waals surface area contributed by atoms with Gasteiger partial charge in [-0.25, -0.2) is 4.98 Å². The molecule has 0 saturated carbocycles. The number of para-hydroxylation sites is 1. The highest BCUT2D eigenvalue weighted by Gasteiger charge is 2.14. The zero-order valence-corrected chi connectivity index (χ0v) is 16.3. The first-order valence-electron chi connectivity index (χ1n) is 7.58. The van der Waals surface area contributed by atoms with Crippen molar-refractivity contribution in [2.24, 2.45) is 11.5 Å². The van der Waals surface area contributed by atoms with Crippen LogP contribution in [-0.4, -0.2) is 37.3 Å². The molecular formula is C15H14N6O3S3. The minimum atomic E-state index is -0.624. The highest BCUT2D eigenvalue weighted by molar-refractivity contribution is 8.03. The van der Waals surface area contributed by atoms with Crippen molar-refractivity contribution in [2.45, 2.75) is 21.0 Å². The van der Waals surface area contributed by atoms with Crippen molar-refractivity contribution in [1.29, 1.82) is 0 Å². The average molecular weight is 423 g/mol. The lowest BCUT2D eigenvalue weighted by Crippen LogP contribution is -2.31. The predicted octanol–water partition coefficient (Wildman–Crippen LogP) is 0.603. The molecule has 0 aliphatic rings. The van der Waals surface area contributed by atoms with Gasteiger partial charge in [-0.1, -0.05) is 47.0 Å². The molecule has 12 heteroatoms. The summed E-state index contributed by atoms with van der Waals surface area (Å²) in [4.78, 5) is 39.4. The number of benzene rings is 1. The van der Waals surface area contributed by atoms with E-state index in [4.69, 9.17) is 11.5 Å². The van der Waals surface area contributed by atoms with Gasteiger partial charge in [0.05, 0.1) is 22.4 Å². The van der Waals surface area contributed by atoms with Crippen LogP contribution in [-0.2, 0) is 21.9 Å². The number of amides is 2. The zero-order chi connectivity index (χ0) is 19.4. The molecular weight excluding hydrogens is 408 g/mol. The molecule has 3 rings (SSSR count). The maximum absolute atomic E-state index is 12.7. The summed E-state index contributed by atoms with van der Waals surface area (Å²) in [6.45, 7) is -0.248. The van der Waals surface area contributed by atoms with E-state index >= 15 is 0 Å². The van der Waals surface area contributed by atoms with Gasteiger partial charge in [-0.2, -0.15) is 0 Å². The fourth-order valence-electron chi connectivity index (χ4n) is 2.22.